The van der Waals surface area contributed by atoms with Crippen molar-refractivity contribution in [2.75, 3.05) is 31.1 Å². The summed E-state index contributed by atoms with van der Waals surface area (Å²) in [5.41, 5.74) is 5.41. The van der Waals surface area contributed by atoms with E-state index in [9.17, 15) is 4.79 Å². The normalized spacial score (nSPS) is 14.4. The van der Waals surface area contributed by atoms with Crippen molar-refractivity contribution in [3.05, 3.63) is 65.0 Å². The van der Waals surface area contributed by atoms with Crippen LogP contribution in [0.3, 0.4) is 0 Å². The highest BCUT2D eigenvalue weighted by molar-refractivity contribution is 5.94. The molecule has 0 saturated carbocycles. The van der Waals surface area contributed by atoms with Crippen molar-refractivity contribution in [3.8, 4) is 11.4 Å². The standard InChI is InChI=1S/C22H24N4O2/c1-15-5-4-6-20(16(15)2)25-11-13-26(14-12-25)22(27)19-9-7-18(8-10-19)21-23-17(3)28-24-21/h4-10H,11-14H2,1-3H3. The van der Waals surface area contributed by atoms with Gasteiger partial charge in [-0.3, -0.25) is 4.79 Å². The van der Waals surface area contributed by atoms with E-state index in [0.717, 1.165) is 31.7 Å². The summed E-state index contributed by atoms with van der Waals surface area (Å²) < 4.78 is 5.01. The molecule has 1 aliphatic heterocycles. The summed E-state index contributed by atoms with van der Waals surface area (Å²) in [5.74, 6) is 1.13. The molecule has 6 heteroatoms. The minimum atomic E-state index is 0.0662. The first-order valence-electron chi connectivity index (χ1n) is 9.54. The molecule has 3 aromatic rings. The van der Waals surface area contributed by atoms with Gasteiger partial charge in [0, 0.05) is 49.9 Å². The van der Waals surface area contributed by atoms with E-state index in [1.807, 2.05) is 29.2 Å². The lowest BCUT2D eigenvalue weighted by Gasteiger charge is -2.37. The van der Waals surface area contributed by atoms with E-state index in [-0.39, 0.29) is 5.91 Å². The summed E-state index contributed by atoms with van der Waals surface area (Å²) in [7, 11) is 0. The molecule has 1 amide bonds. The van der Waals surface area contributed by atoms with Crippen LogP contribution in [-0.4, -0.2) is 47.1 Å². The predicted octanol–water partition coefficient (Wildman–Crippen LogP) is 3.62. The third kappa shape index (κ3) is 3.50. The van der Waals surface area contributed by atoms with Crippen molar-refractivity contribution in [3.63, 3.8) is 0 Å². The Morgan fingerprint density at radius 2 is 1.68 bits per heavy atom. The van der Waals surface area contributed by atoms with Gasteiger partial charge in [-0.1, -0.05) is 29.4 Å². The number of piperazine rings is 1. The maximum atomic E-state index is 12.9. The maximum Gasteiger partial charge on any atom is 0.253 e. The highest BCUT2D eigenvalue weighted by Crippen LogP contribution is 2.24. The van der Waals surface area contributed by atoms with Gasteiger partial charge in [0.2, 0.25) is 11.7 Å². The minimum absolute atomic E-state index is 0.0662. The Morgan fingerprint density at radius 3 is 2.32 bits per heavy atom. The number of amides is 1. The maximum absolute atomic E-state index is 12.9. The number of hydrogen-bond acceptors (Lipinski definition) is 5. The third-order valence-corrected chi connectivity index (χ3v) is 5.40. The lowest BCUT2D eigenvalue weighted by atomic mass is 10.1. The molecule has 1 aliphatic rings. The van der Waals surface area contributed by atoms with E-state index in [2.05, 4.69) is 47.1 Å². The minimum Gasteiger partial charge on any atom is -0.368 e. The second kappa shape index (κ2) is 7.46. The Hall–Kier alpha value is -3.15. The zero-order chi connectivity index (χ0) is 19.7. The van der Waals surface area contributed by atoms with Crippen LogP contribution in [0.5, 0.6) is 0 Å². The molecule has 0 unspecified atom stereocenters. The first kappa shape index (κ1) is 18.2. The van der Waals surface area contributed by atoms with Crippen LogP contribution in [0, 0.1) is 20.8 Å². The number of hydrogen-bond donors (Lipinski definition) is 0. The zero-order valence-corrected chi connectivity index (χ0v) is 16.5. The third-order valence-electron chi connectivity index (χ3n) is 5.40. The second-order valence-electron chi connectivity index (χ2n) is 7.21. The monoisotopic (exact) mass is 376 g/mol. The summed E-state index contributed by atoms with van der Waals surface area (Å²) >= 11 is 0. The highest BCUT2D eigenvalue weighted by atomic mass is 16.5. The van der Waals surface area contributed by atoms with Crippen LogP contribution in [-0.2, 0) is 0 Å². The molecule has 0 aliphatic carbocycles. The van der Waals surface area contributed by atoms with Gasteiger partial charge in [-0.05, 0) is 43.2 Å². The van der Waals surface area contributed by atoms with Crippen LogP contribution in [0.1, 0.15) is 27.4 Å². The molecule has 4 rings (SSSR count). The molecule has 0 spiro atoms. The molecule has 1 saturated heterocycles. The fourth-order valence-electron chi connectivity index (χ4n) is 3.59. The largest absolute Gasteiger partial charge is 0.368 e. The van der Waals surface area contributed by atoms with Gasteiger partial charge in [-0.25, -0.2) is 0 Å². The molecule has 28 heavy (non-hydrogen) atoms. The van der Waals surface area contributed by atoms with Crippen molar-refractivity contribution in [2.24, 2.45) is 0 Å². The van der Waals surface area contributed by atoms with Gasteiger partial charge < -0.3 is 14.3 Å². The van der Waals surface area contributed by atoms with Gasteiger partial charge in [0.25, 0.3) is 5.91 Å². The molecule has 0 atom stereocenters. The number of anilines is 1. The van der Waals surface area contributed by atoms with E-state index in [4.69, 9.17) is 4.52 Å². The average molecular weight is 376 g/mol. The molecular weight excluding hydrogens is 352 g/mol. The predicted molar refractivity (Wildman–Crippen MR) is 109 cm³/mol. The van der Waals surface area contributed by atoms with Crippen molar-refractivity contribution in [1.82, 2.24) is 15.0 Å². The molecule has 6 nitrogen and oxygen atoms in total. The van der Waals surface area contributed by atoms with Gasteiger partial charge >= 0.3 is 0 Å². The summed E-state index contributed by atoms with van der Waals surface area (Å²) in [6.07, 6.45) is 0. The second-order valence-corrected chi connectivity index (χ2v) is 7.21. The summed E-state index contributed by atoms with van der Waals surface area (Å²) in [6.45, 7) is 9.18. The van der Waals surface area contributed by atoms with Crippen LogP contribution in [0.25, 0.3) is 11.4 Å². The van der Waals surface area contributed by atoms with Gasteiger partial charge in [-0.15, -0.1) is 0 Å². The Balaban J connectivity index is 1.42. The lowest BCUT2D eigenvalue weighted by molar-refractivity contribution is 0.0747. The van der Waals surface area contributed by atoms with E-state index in [1.54, 1.807) is 6.92 Å². The topological polar surface area (TPSA) is 62.5 Å². The van der Waals surface area contributed by atoms with Crippen molar-refractivity contribution >= 4 is 11.6 Å². The summed E-state index contributed by atoms with van der Waals surface area (Å²) in [4.78, 5) is 21.4. The summed E-state index contributed by atoms with van der Waals surface area (Å²) in [5, 5.41) is 3.91. The number of carbonyl (C=O) groups excluding carboxylic acids is 1. The van der Waals surface area contributed by atoms with E-state index < -0.39 is 0 Å². The van der Waals surface area contributed by atoms with Crippen molar-refractivity contribution < 1.29 is 9.32 Å². The Labute approximate surface area is 164 Å². The average Bonchev–Trinajstić information content (AvgIpc) is 3.16. The van der Waals surface area contributed by atoms with E-state index in [0.29, 0.717) is 17.3 Å². The lowest BCUT2D eigenvalue weighted by Crippen LogP contribution is -2.49. The molecule has 144 valence electrons. The Bertz CT molecular complexity index is 986. The van der Waals surface area contributed by atoms with E-state index in [1.165, 1.54) is 16.8 Å². The smallest absolute Gasteiger partial charge is 0.253 e. The van der Waals surface area contributed by atoms with Crippen LogP contribution in [0.4, 0.5) is 5.69 Å². The fourth-order valence-corrected chi connectivity index (χ4v) is 3.59. The highest BCUT2D eigenvalue weighted by Gasteiger charge is 2.23. The molecule has 0 N–H and O–H groups in total. The number of rotatable bonds is 3. The number of aromatic nitrogens is 2. The molecular formula is C22H24N4O2. The molecule has 0 bridgehead atoms. The van der Waals surface area contributed by atoms with E-state index >= 15 is 0 Å². The number of nitrogens with zero attached hydrogens (tertiary/aromatic N) is 4. The van der Waals surface area contributed by atoms with Crippen LogP contribution in [0.15, 0.2) is 47.0 Å². The molecule has 0 radical (unpaired) electrons. The molecule has 1 aromatic heterocycles. The summed E-state index contributed by atoms with van der Waals surface area (Å²) in [6, 6.07) is 13.8. The number of benzene rings is 2. The molecule has 2 heterocycles. The van der Waals surface area contributed by atoms with Crippen LogP contribution >= 0.6 is 0 Å². The molecule has 1 fully saturated rings. The zero-order valence-electron chi connectivity index (χ0n) is 16.5. The van der Waals surface area contributed by atoms with Gasteiger partial charge in [0.05, 0.1) is 0 Å². The first-order valence-corrected chi connectivity index (χ1v) is 9.54. The Kier molecular flexibility index (Phi) is 4.86. The van der Waals surface area contributed by atoms with Crippen LogP contribution in [0.2, 0.25) is 0 Å². The van der Waals surface area contributed by atoms with Gasteiger partial charge in [0.1, 0.15) is 0 Å². The van der Waals surface area contributed by atoms with Crippen LogP contribution < -0.4 is 4.90 Å². The number of carbonyl (C=O) groups is 1. The SMILES string of the molecule is Cc1nc(-c2ccc(C(=O)N3CCN(c4cccc(C)c4C)CC3)cc2)no1. The fraction of sp³-hybridized carbons (Fsp3) is 0.318. The van der Waals surface area contributed by atoms with Crippen molar-refractivity contribution in [1.29, 1.82) is 0 Å². The van der Waals surface area contributed by atoms with Crippen molar-refractivity contribution in [2.45, 2.75) is 20.8 Å². The number of aryl methyl sites for hydroxylation is 2. The molecule has 2 aromatic carbocycles. The Morgan fingerprint density at radius 1 is 0.964 bits per heavy atom. The van der Waals surface area contributed by atoms with Gasteiger partial charge in [0.15, 0.2) is 0 Å². The quantitative estimate of drug-likeness (QED) is 0.699. The first-order chi connectivity index (χ1) is 13.5. The van der Waals surface area contributed by atoms with Gasteiger partial charge in [-0.2, -0.15) is 4.98 Å².